The standard InChI is InChI=1S/C42H50F4N8O10S/c1-5-24(4)36(52-38(57)31(15-23(2)3)51-39(58)32-19-47-13-14-48-32)42(61)54-21-26(64-22-25-9-7-6-8-10-25)16-33(54)40(59)50-30(18-34(45)46)37(56)41(60)49-20-35(55)53-65(62,63)27-11-12-28(43)29(44)17-27/h6-14,17,19,23-24,26,30-31,33-34,36H,5,15-16,18,20-22H2,1-4H3,(H,49,60)(H,50,59)(H,51,58)(H,52,57)(H,53,55)/t24?,26-,30+,31+,33+,36?/m1/s1. The summed E-state index contributed by atoms with van der Waals surface area (Å²) in [4.78, 5) is 102. The highest BCUT2D eigenvalue weighted by molar-refractivity contribution is 7.90. The Kier molecular flexibility index (Phi) is 18.6. The number of hydrogen-bond donors (Lipinski definition) is 5. The number of benzene rings is 2. The van der Waals surface area contributed by atoms with Crippen molar-refractivity contribution in [3.05, 3.63) is 90.0 Å². The second-order valence-corrected chi connectivity index (χ2v) is 17.3. The van der Waals surface area contributed by atoms with Crippen LogP contribution in [0.1, 0.15) is 69.4 Å². The normalized spacial score (nSPS) is 16.8. The molecular formula is C42H50F4N8O10S. The van der Waals surface area contributed by atoms with Crippen molar-refractivity contribution in [1.29, 1.82) is 0 Å². The first-order chi connectivity index (χ1) is 30.7. The largest absolute Gasteiger partial charge is 0.372 e. The van der Waals surface area contributed by atoms with Crippen LogP contribution in [-0.4, -0.2) is 114 Å². The Bertz CT molecular complexity index is 2300. The van der Waals surface area contributed by atoms with Crippen LogP contribution in [-0.2, 0) is 50.1 Å². The van der Waals surface area contributed by atoms with Gasteiger partial charge in [-0.3, -0.25) is 38.5 Å². The molecule has 65 heavy (non-hydrogen) atoms. The molecule has 1 aliphatic rings. The second-order valence-electron chi connectivity index (χ2n) is 15.6. The molecule has 5 N–H and O–H groups in total. The average Bonchev–Trinajstić information content (AvgIpc) is 3.71. The number of carbonyl (C=O) groups is 7. The highest BCUT2D eigenvalue weighted by Crippen LogP contribution is 2.26. The van der Waals surface area contributed by atoms with Crippen molar-refractivity contribution < 1.29 is 64.3 Å². The van der Waals surface area contributed by atoms with Gasteiger partial charge in [0.25, 0.3) is 27.7 Å². The van der Waals surface area contributed by atoms with Crippen LogP contribution in [0.2, 0.25) is 0 Å². The van der Waals surface area contributed by atoms with Gasteiger partial charge in [-0.15, -0.1) is 0 Å². The molecule has 0 spiro atoms. The lowest BCUT2D eigenvalue weighted by atomic mass is 9.96. The first kappa shape index (κ1) is 51.3. The van der Waals surface area contributed by atoms with Crippen LogP contribution in [0.3, 0.4) is 0 Å². The number of halogens is 4. The Morgan fingerprint density at radius 3 is 2.22 bits per heavy atom. The van der Waals surface area contributed by atoms with Gasteiger partial charge in [0.2, 0.25) is 29.9 Å². The van der Waals surface area contributed by atoms with Gasteiger partial charge in [-0.05, 0) is 42.0 Å². The van der Waals surface area contributed by atoms with Gasteiger partial charge in [-0.2, -0.15) is 0 Å². The third-order valence-electron chi connectivity index (χ3n) is 10.2. The minimum atomic E-state index is -4.79. The molecule has 0 radical (unpaired) electrons. The summed E-state index contributed by atoms with van der Waals surface area (Å²) in [7, 11) is -4.79. The van der Waals surface area contributed by atoms with Crippen molar-refractivity contribution in [3.8, 4) is 0 Å². The van der Waals surface area contributed by atoms with E-state index in [1.807, 2.05) is 13.8 Å². The number of carbonyl (C=O) groups excluding carboxylic acids is 7. The van der Waals surface area contributed by atoms with Gasteiger partial charge >= 0.3 is 0 Å². The van der Waals surface area contributed by atoms with E-state index in [-0.39, 0.29) is 43.7 Å². The summed E-state index contributed by atoms with van der Waals surface area (Å²) in [5.74, 6) is -11.7. The topological polar surface area (TPSA) is 252 Å². The van der Waals surface area contributed by atoms with E-state index in [4.69, 9.17) is 4.74 Å². The predicted octanol–water partition coefficient (Wildman–Crippen LogP) is 1.95. The molecule has 1 saturated heterocycles. The van der Waals surface area contributed by atoms with E-state index in [1.54, 1.807) is 49.5 Å². The lowest BCUT2D eigenvalue weighted by Crippen LogP contribution is -2.59. The van der Waals surface area contributed by atoms with Gasteiger partial charge in [0.05, 0.1) is 30.3 Å². The van der Waals surface area contributed by atoms with Gasteiger partial charge in [-0.1, -0.05) is 64.4 Å². The fraction of sp³-hybridized carbons (Fsp3) is 0.452. The van der Waals surface area contributed by atoms with Crippen LogP contribution in [0.5, 0.6) is 0 Å². The zero-order valence-corrected chi connectivity index (χ0v) is 36.6. The molecule has 352 valence electrons. The molecule has 3 aromatic rings. The summed E-state index contributed by atoms with van der Waals surface area (Å²) in [6.07, 6.45) is -1.36. The van der Waals surface area contributed by atoms with Crippen LogP contribution >= 0.6 is 0 Å². The van der Waals surface area contributed by atoms with Gasteiger partial charge in [0, 0.05) is 31.8 Å². The number of nitrogens with zero attached hydrogens (tertiary/aromatic N) is 3. The molecule has 2 aromatic carbocycles. The summed E-state index contributed by atoms with van der Waals surface area (Å²) in [6, 6.07) is 4.11. The highest BCUT2D eigenvalue weighted by Gasteiger charge is 2.45. The Labute approximate surface area is 372 Å². The van der Waals surface area contributed by atoms with Crippen molar-refractivity contribution in [2.24, 2.45) is 11.8 Å². The molecule has 6 atom stereocenters. The van der Waals surface area contributed by atoms with E-state index in [0.29, 0.717) is 18.6 Å². The highest BCUT2D eigenvalue weighted by atomic mass is 32.2. The zero-order valence-electron chi connectivity index (χ0n) is 35.8. The monoisotopic (exact) mass is 934 g/mol. The molecule has 1 aliphatic heterocycles. The Hall–Kier alpha value is -6.36. The van der Waals surface area contributed by atoms with E-state index in [9.17, 15) is 59.5 Å². The average molecular weight is 935 g/mol. The van der Waals surface area contributed by atoms with Crippen LogP contribution in [0.4, 0.5) is 17.6 Å². The Morgan fingerprint density at radius 1 is 0.892 bits per heavy atom. The van der Waals surface area contributed by atoms with Crippen molar-refractivity contribution in [2.75, 3.05) is 13.1 Å². The first-order valence-electron chi connectivity index (χ1n) is 20.4. The van der Waals surface area contributed by atoms with Crippen LogP contribution in [0.15, 0.2) is 72.0 Å². The summed E-state index contributed by atoms with van der Waals surface area (Å²) in [6.45, 7) is 5.65. The number of Topliss-reactive ketones (excluding diaryl/α,β-unsaturated/α-hetero) is 1. The fourth-order valence-corrected chi connectivity index (χ4v) is 7.63. The van der Waals surface area contributed by atoms with Gasteiger partial charge in [0.1, 0.15) is 29.9 Å². The van der Waals surface area contributed by atoms with Crippen LogP contribution in [0.25, 0.3) is 0 Å². The molecule has 1 aromatic heterocycles. The lowest BCUT2D eigenvalue weighted by Gasteiger charge is -2.33. The number of alkyl halides is 2. The smallest absolute Gasteiger partial charge is 0.290 e. The van der Waals surface area contributed by atoms with Gasteiger partial charge in [0.15, 0.2) is 11.6 Å². The molecule has 6 amide bonds. The quantitative estimate of drug-likeness (QED) is 0.0717. The molecule has 0 bridgehead atoms. The number of sulfonamides is 1. The number of amides is 6. The van der Waals surface area contributed by atoms with Crippen molar-refractivity contribution in [2.45, 2.75) is 102 Å². The second kappa shape index (κ2) is 23.5. The number of ether oxygens (including phenoxy) is 1. The maximum Gasteiger partial charge on any atom is 0.290 e. The molecule has 4 rings (SSSR count). The number of likely N-dealkylation sites (tertiary alicyclic amines) is 1. The van der Waals surface area contributed by atoms with Gasteiger partial charge < -0.3 is 30.9 Å². The number of rotatable bonds is 22. The first-order valence-corrected chi connectivity index (χ1v) is 21.9. The minimum absolute atomic E-state index is 0.0398. The predicted molar refractivity (Wildman–Crippen MR) is 222 cm³/mol. The molecular weight excluding hydrogens is 885 g/mol. The number of hydrogen-bond acceptors (Lipinski definition) is 12. The molecule has 0 aliphatic carbocycles. The van der Waals surface area contributed by atoms with Crippen molar-refractivity contribution in [1.82, 2.24) is 40.9 Å². The molecule has 23 heteroatoms. The fourth-order valence-electron chi connectivity index (χ4n) is 6.64. The van der Waals surface area contributed by atoms with E-state index >= 15 is 0 Å². The SMILES string of the molecule is CCC(C)C(NC(=O)[C@H](CC(C)C)NC(=O)c1cnccn1)C(=O)N1C[C@H](OCc2ccccc2)C[C@H]1C(=O)N[C@@H](CC(F)F)C(=O)C(=O)NCC(=O)NS(=O)(=O)c1ccc(F)c(F)c1. The third-order valence-corrected chi connectivity index (χ3v) is 11.6. The maximum atomic E-state index is 14.6. The lowest BCUT2D eigenvalue weighted by molar-refractivity contribution is -0.144. The van der Waals surface area contributed by atoms with Crippen molar-refractivity contribution in [3.63, 3.8) is 0 Å². The molecule has 2 unspecified atom stereocenters. The number of aromatic nitrogens is 2. The molecule has 18 nitrogen and oxygen atoms in total. The van der Waals surface area contributed by atoms with E-state index < -0.39 is 123 Å². The Balaban J connectivity index is 1.54. The van der Waals surface area contributed by atoms with E-state index in [0.717, 1.165) is 10.5 Å². The van der Waals surface area contributed by atoms with Gasteiger partial charge in [-0.25, -0.2) is 35.7 Å². The third kappa shape index (κ3) is 14.8. The summed E-state index contributed by atoms with van der Waals surface area (Å²) in [5, 5.41) is 9.26. The number of nitrogens with one attached hydrogen (secondary N) is 5. The Morgan fingerprint density at radius 2 is 1.60 bits per heavy atom. The zero-order chi connectivity index (χ0) is 48.0. The minimum Gasteiger partial charge on any atom is -0.372 e. The molecule has 2 heterocycles. The number of ketones is 1. The van der Waals surface area contributed by atoms with Crippen molar-refractivity contribution >= 4 is 51.2 Å². The van der Waals surface area contributed by atoms with Crippen LogP contribution in [0, 0.1) is 23.5 Å². The molecule has 0 saturated carbocycles. The van der Waals surface area contributed by atoms with E-state index in [2.05, 4.69) is 25.9 Å². The summed E-state index contributed by atoms with van der Waals surface area (Å²) in [5.41, 5.74) is 0.683. The van der Waals surface area contributed by atoms with Crippen LogP contribution < -0.4 is 26.0 Å². The maximum absolute atomic E-state index is 14.6. The van der Waals surface area contributed by atoms with E-state index in [1.165, 1.54) is 23.3 Å². The summed E-state index contributed by atoms with van der Waals surface area (Å²) >= 11 is 0. The molecule has 1 fully saturated rings. The summed E-state index contributed by atoms with van der Waals surface area (Å²) < 4.78 is 87.1.